The molecule has 0 bridgehead atoms. The number of hydrogen-bond acceptors (Lipinski definition) is 4. The highest BCUT2D eigenvalue weighted by Gasteiger charge is 2.20. The molecule has 2 aromatic rings. The first-order valence-corrected chi connectivity index (χ1v) is 7.00. The van der Waals surface area contributed by atoms with Crippen molar-refractivity contribution in [1.29, 1.82) is 0 Å². The molecule has 0 radical (unpaired) electrons. The van der Waals surface area contributed by atoms with Crippen molar-refractivity contribution in [2.45, 2.75) is 6.42 Å². The summed E-state index contributed by atoms with van der Waals surface area (Å²) in [6.07, 6.45) is 0.225. The summed E-state index contributed by atoms with van der Waals surface area (Å²) in [4.78, 5) is 33.8. The van der Waals surface area contributed by atoms with Crippen LogP contribution in [-0.2, 0) is 11.2 Å². The van der Waals surface area contributed by atoms with Gasteiger partial charge in [-0.15, -0.1) is 0 Å². The van der Waals surface area contributed by atoms with Crippen molar-refractivity contribution in [3.8, 4) is 0 Å². The maximum atomic E-state index is 12.2. The molecular weight excluding hydrogens is 322 g/mol. The van der Waals surface area contributed by atoms with E-state index in [9.17, 15) is 19.7 Å². The van der Waals surface area contributed by atoms with Crippen LogP contribution in [0.2, 0.25) is 5.02 Å². The van der Waals surface area contributed by atoms with Gasteiger partial charge in [0.05, 0.1) is 11.3 Å². The van der Waals surface area contributed by atoms with Crippen LogP contribution in [0.3, 0.4) is 0 Å². The Bertz CT molecular complexity index is 851. The second kappa shape index (κ2) is 5.69. The molecule has 1 aliphatic rings. The first-order valence-electron chi connectivity index (χ1n) is 6.62. The summed E-state index contributed by atoms with van der Waals surface area (Å²) < 4.78 is 0. The monoisotopic (exact) mass is 331 g/mol. The van der Waals surface area contributed by atoms with Gasteiger partial charge in [-0.25, -0.2) is 0 Å². The molecule has 116 valence electrons. The molecule has 1 heterocycles. The molecule has 2 aromatic carbocycles. The molecular formula is C15H10ClN3O4. The number of nitro benzene ring substituents is 1. The number of carbonyl (C=O) groups is 2. The van der Waals surface area contributed by atoms with Crippen LogP contribution in [0.1, 0.15) is 15.9 Å². The Morgan fingerprint density at radius 1 is 1.26 bits per heavy atom. The average Bonchev–Trinajstić information content (AvgIpc) is 2.87. The minimum absolute atomic E-state index is 0.00452. The lowest BCUT2D eigenvalue weighted by Gasteiger charge is -2.07. The predicted octanol–water partition coefficient (Wildman–Crippen LogP) is 3.00. The molecule has 2 N–H and O–H groups in total. The minimum Gasteiger partial charge on any atom is -0.326 e. The Morgan fingerprint density at radius 2 is 2.04 bits per heavy atom. The lowest BCUT2D eigenvalue weighted by molar-refractivity contribution is -0.384. The number of carbonyl (C=O) groups excluding carboxylic acids is 2. The zero-order valence-corrected chi connectivity index (χ0v) is 12.4. The van der Waals surface area contributed by atoms with Crippen LogP contribution in [0, 0.1) is 10.1 Å². The summed E-state index contributed by atoms with van der Waals surface area (Å²) >= 11 is 5.73. The van der Waals surface area contributed by atoms with Gasteiger partial charge in [-0.05, 0) is 35.9 Å². The molecule has 0 aromatic heterocycles. The van der Waals surface area contributed by atoms with Crippen LogP contribution in [0.15, 0.2) is 36.4 Å². The third kappa shape index (κ3) is 3.00. The Balaban J connectivity index is 1.83. The number of nitrogens with zero attached hydrogens (tertiary/aromatic N) is 1. The van der Waals surface area contributed by atoms with Crippen molar-refractivity contribution in [3.05, 3.63) is 62.7 Å². The molecule has 0 spiro atoms. The Kier molecular flexibility index (Phi) is 3.71. The van der Waals surface area contributed by atoms with Crippen LogP contribution in [0.4, 0.5) is 17.1 Å². The van der Waals surface area contributed by atoms with Gasteiger partial charge >= 0.3 is 0 Å². The van der Waals surface area contributed by atoms with Crippen LogP contribution in [0.25, 0.3) is 0 Å². The number of amides is 2. The van der Waals surface area contributed by atoms with Crippen molar-refractivity contribution in [2.75, 3.05) is 10.6 Å². The molecule has 8 heteroatoms. The summed E-state index contributed by atoms with van der Waals surface area (Å²) in [6.45, 7) is 0. The normalized spacial score (nSPS) is 12.5. The SMILES string of the molecule is O=C1Cc2cc(C(=O)Nc3ccc(Cl)c([N+](=O)[O-])c3)ccc2N1. The Hall–Kier alpha value is -2.93. The smallest absolute Gasteiger partial charge is 0.289 e. The lowest BCUT2D eigenvalue weighted by atomic mass is 10.1. The molecule has 0 aliphatic carbocycles. The number of benzene rings is 2. The van der Waals surface area contributed by atoms with E-state index in [0.717, 1.165) is 5.56 Å². The number of nitro groups is 1. The van der Waals surface area contributed by atoms with Gasteiger partial charge in [-0.2, -0.15) is 0 Å². The van der Waals surface area contributed by atoms with E-state index >= 15 is 0 Å². The second-order valence-corrected chi connectivity index (χ2v) is 5.38. The van der Waals surface area contributed by atoms with E-state index in [4.69, 9.17) is 11.6 Å². The van der Waals surface area contributed by atoms with Crippen molar-refractivity contribution >= 4 is 40.5 Å². The number of hydrogen-bond donors (Lipinski definition) is 2. The van der Waals surface area contributed by atoms with Crippen molar-refractivity contribution in [2.24, 2.45) is 0 Å². The number of anilines is 2. The molecule has 2 amide bonds. The first-order chi connectivity index (χ1) is 10.9. The van der Waals surface area contributed by atoms with E-state index in [1.165, 1.54) is 18.2 Å². The third-order valence-electron chi connectivity index (χ3n) is 3.39. The minimum atomic E-state index is -0.620. The predicted molar refractivity (Wildman–Crippen MR) is 84.8 cm³/mol. The number of rotatable bonds is 3. The van der Waals surface area contributed by atoms with Gasteiger partial charge in [0, 0.05) is 23.0 Å². The van der Waals surface area contributed by atoms with Gasteiger partial charge in [-0.1, -0.05) is 11.6 Å². The second-order valence-electron chi connectivity index (χ2n) is 4.97. The van der Waals surface area contributed by atoms with Gasteiger partial charge in [0.15, 0.2) is 0 Å². The number of nitrogens with one attached hydrogen (secondary N) is 2. The van der Waals surface area contributed by atoms with E-state index in [1.54, 1.807) is 18.2 Å². The highest BCUT2D eigenvalue weighted by Crippen LogP contribution is 2.28. The van der Waals surface area contributed by atoms with Gasteiger partial charge in [0.1, 0.15) is 5.02 Å². The molecule has 0 unspecified atom stereocenters. The summed E-state index contributed by atoms with van der Waals surface area (Å²) in [5.74, 6) is -0.547. The number of halogens is 1. The van der Waals surface area contributed by atoms with Crippen LogP contribution in [-0.4, -0.2) is 16.7 Å². The standard InChI is InChI=1S/C15H10ClN3O4/c16-11-3-2-10(7-13(11)19(22)23)17-15(21)8-1-4-12-9(5-8)6-14(20)18-12/h1-5,7H,6H2,(H,17,21)(H,18,20). The van der Waals surface area contributed by atoms with Gasteiger partial charge in [0.2, 0.25) is 5.91 Å². The molecule has 23 heavy (non-hydrogen) atoms. The summed E-state index contributed by atoms with van der Waals surface area (Å²) in [5.41, 5.74) is 1.77. The summed E-state index contributed by atoms with van der Waals surface area (Å²) in [7, 11) is 0. The van der Waals surface area contributed by atoms with Crippen molar-refractivity contribution in [1.82, 2.24) is 0 Å². The maximum Gasteiger partial charge on any atom is 0.289 e. The fourth-order valence-electron chi connectivity index (χ4n) is 2.30. The maximum absolute atomic E-state index is 12.2. The largest absolute Gasteiger partial charge is 0.326 e. The molecule has 0 saturated carbocycles. The van der Waals surface area contributed by atoms with Gasteiger partial charge in [0.25, 0.3) is 11.6 Å². The molecule has 1 aliphatic heterocycles. The van der Waals surface area contributed by atoms with Crippen LogP contribution in [0.5, 0.6) is 0 Å². The topological polar surface area (TPSA) is 101 Å². The third-order valence-corrected chi connectivity index (χ3v) is 3.71. The number of fused-ring (bicyclic) bond motifs is 1. The Morgan fingerprint density at radius 3 is 2.78 bits per heavy atom. The fourth-order valence-corrected chi connectivity index (χ4v) is 2.49. The molecule has 0 saturated heterocycles. The van der Waals surface area contributed by atoms with E-state index in [2.05, 4.69) is 10.6 Å². The van der Waals surface area contributed by atoms with E-state index in [-0.39, 0.29) is 28.7 Å². The molecule has 7 nitrogen and oxygen atoms in total. The summed E-state index contributed by atoms with van der Waals surface area (Å²) in [5, 5.41) is 16.1. The molecule has 0 fully saturated rings. The summed E-state index contributed by atoms with van der Waals surface area (Å²) in [6, 6.07) is 8.86. The highest BCUT2D eigenvalue weighted by molar-refractivity contribution is 6.32. The van der Waals surface area contributed by atoms with Gasteiger partial charge in [-0.3, -0.25) is 19.7 Å². The van der Waals surface area contributed by atoms with Gasteiger partial charge < -0.3 is 10.6 Å². The van der Waals surface area contributed by atoms with Crippen LogP contribution >= 0.6 is 11.6 Å². The van der Waals surface area contributed by atoms with E-state index < -0.39 is 10.8 Å². The quantitative estimate of drug-likeness (QED) is 0.666. The van der Waals surface area contributed by atoms with Crippen molar-refractivity contribution < 1.29 is 14.5 Å². The van der Waals surface area contributed by atoms with Crippen LogP contribution < -0.4 is 10.6 Å². The fraction of sp³-hybridized carbons (Fsp3) is 0.0667. The van der Waals surface area contributed by atoms with Crippen molar-refractivity contribution in [3.63, 3.8) is 0 Å². The Labute approximate surface area is 135 Å². The molecule has 0 atom stereocenters. The first kappa shape index (κ1) is 15.0. The molecule has 3 rings (SSSR count). The zero-order chi connectivity index (χ0) is 16.6. The van der Waals surface area contributed by atoms with E-state index in [0.29, 0.717) is 11.3 Å². The average molecular weight is 332 g/mol. The zero-order valence-electron chi connectivity index (χ0n) is 11.6. The van der Waals surface area contributed by atoms with E-state index in [1.807, 2.05) is 0 Å². The highest BCUT2D eigenvalue weighted by atomic mass is 35.5. The lowest BCUT2D eigenvalue weighted by Crippen LogP contribution is -2.12.